The van der Waals surface area contributed by atoms with Crippen molar-refractivity contribution in [3.05, 3.63) is 20.8 Å². The number of carbonyl (C=O) groups is 1. The standard InChI is InChI=1S/C9H12BrNO2S/c1-2-7(4-12)11-9(13)6-3-8(10)14-5-6/h3,5,7,12H,2,4H2,1H3,(H,11,13)/t7-/m1/s1. The fraction of sp³-hybridized carbons (Fsp3) is 0.444. The zero-order valence-electron chi connectivity index (χ0n) is 7.79. The van der Waals surface area contributed by atoms with Crippen LogP contribution in [0.3, 0.4) is 0 Å². The first-order valence-corrected chi connectivity index (χ1v) is 6.00. The first-order chi connectivity index (χ1) is 6.67. The molecule has 0 unspecified atom stereocenters. The maximum absolute atomic E-state index is 11.5. The van der Waals surface area contributed by atoms with Gasteiger partial charge in [-0.15, -0.1) is 11.3 Å². The summed E-state index contributed by atoms with van der Waals surface area (Å²) in [5, 5.41) is 13.4. The van der Waals surface area contributed by atoms with Gasteiger partial charge >= 0.3 is 0 Å². The lowest BCUT2D eigenvalue weighted by molar-refractivity contribution is 0.0915. The molecular weight excluding hydrogens is 266 g/mol. The topological polar surface area (TPSA) is 49.3 Å². The molecule has 1 atom stereocenters. The highest BCUT2D eigenvalue weighted by atomic mass is 79.9. The summed E-state index contributed by atoms with van der Waals surface area (Å²) in [6.45, 7) is 1.90. The molecule has 0 fully saturated rings. The zero-order chi connectivity index (χ0) is 10.6. The molecule has 2 N–H and O–H groups in total. The summed E-state index contributed by atoms with van der Waals surface area (Å²) < 4.78 is 0.930. The smallest absolute Gasteiger partial charge is 0.252 e. The SMILES string of the molecule is CC[C@H](CO)NC(=O)c1csc(Br)c1. The second-order valence-electron chi connectivity index (χ2n) is 2.90. The highest BCUT2D eigenvalue weighted by Crippen LogP contribution is 2.20. The molecule has 0 saturated carbocycles. The van der Waals surface area contributed by atoms with Gasteiger partial charge in [-0.05, 0) is 28.4 Å². The third kappa shape index (κ3) is 3.08. The maximum Gasteiger partial charge on any atom is 0.252 e. The number of aliphatic hydroxyl groups is 1. The molecule has 3 nitrogen and oxygen atoms in total. The van der Waals surface area contributed by atoms with Gasteiger partial charge in [-0.2, -0.15) is 0 Å². The van der Waals surface area contributed by atoms with E-state index in [9.17, 15) is 4.79 Å². The fourth-order valence-electron chi connectivity index (χ4n) is 0.975. The Morgan fingerprint density at radius 2 is 2.50 bits per heavy atom. The minimum absolute atomic E-state index is 0.0203. The van der Waals surface area contributed by atoms with E-state index in [4.69, 9.17) is 5.11 Å². The van der Waals surface area contributed by atoms with Crippen LogP contribution in [0, 0.1) is 0 Å². The average Bonchev–Trinajstić information content (AvgIpc) is 2.61. The molecule has 1 aromatic heterocycles. The third-order valence-electron chi connectivity index (χ3n) is 1.88. The van der Waals surface area contributed by atoms with E-state index in [1.807, 2.05) is 6.92 Å². The normalized spacial score (nSPS) is 12.5. The summed E-state index contributed by atoms with van der Waals surface area (Å²) in [4.78, 5) is 11.5. The number of nitrogens with one attached hydrogen (secondary N) is 1. The van der Waals surface area contributed by atoms with Crippen LogP contribution in [0.15, 0.2) is 15.2 Å². The summed E-state index contributed by atoms with van der Waals surface area (Å²) in [7, 11) is 0. The molecule has 0 saturated heterocycles. The summed E-state index contributed by atoms with van der Waals surface area (Å²) in [6, 6.07) is 1.62. The van der Waals surface area contributed by atoms with Gasteiger partial charge in [0, 0.05) is 5.38 Å². The molecular formula is C9H12BrNO2S. The molecule has 14 heavy (non-hydrogen) atoms. The van der Waals surface area contributed by atoms with Crippen LogP contribution in [0.4, 0.5) is 0 Å². The molecule has 0 aromatic carbocycles. The lowest BCUT2D eigenvalue weighted by atomic mass is 10.2. The summed E-state index contributed by atoms with van der Waals surface area (Å²) in [5.41, 5.74) is 0.633. The molecule has 0 spiro atoms. The van der Waals surface area contributed by atoms with Crippen molar-refractivity contribution in [2.45, 2.75) is 19.4 Å². The van der Waals surface area contributed by atoms with E-state index in [0.29, 0.717) is 5.56 Å². The van der Waals surface area contributed by atoms with E-state index in [-0.39, 0.29) is 18.6 Å². The largest absolute Gasteiger partial charge is 0.394 e. The predicted molar refractivity (Wildman–Crippen MR) is 60.7 cm³/mol. The van der Waals surface area contributed by atoms with Crippen LogP contribution >= 0.6 is 27.3 Å². The Morgan fingerprint density at radius 3 is 2.93 bits per heavy atom. The Morgan fingerprint density at radius 1 is 1.79 bits per heavy atom. The van der Waals surface area contributed by atoms with Gasteiger partial charge in [0.2, 0.25) is 0 Å². The Bertz CT molecular complexity index is 310. The Kier molecular flexibility index (Phi) is 4.57. The molecule has 1 amide bonds. The lowest BCUT2D eigenvalue weighted by Gasteiger charge is -2.12. The molecule has 1 aromatic rings. The molecule has 0 aliphatic rings. The van der Waals surface area contributed by atoms with Gasteiger partial charge in [-0.25, -0.2) is 0 Å². The van der Waals surface area contributed by atoms with Crippen molar-refractivity contribution in [3.8, 4) is 0 Å². The van der Waals surface area contributed by atoms with Gasteiger partial charge < -0.3 is 10.4 Å². The van der Waals surface area contributed by atoms with Crippen molar-refractivity contribution in [2.24, 2.45) is 0 Å². The van der Waals surface area contributed by atoms with Gasteiger partial charge in [0.15, 0.2) is 0 Å². The van der Waals surface area contributed by atoms with Crippen LogP contribution in [0.1, 0.15) is 23.7 Å². The van der Waals surface area contributed by atoms with E-state index < -0.39 is 0 Å². The van der Waals surface area contributed by atoms with Crippen molar-refractivity contribution < 1.29 is 9.90 Å². The number of carbonyl (C=O) groups excluding carboxylic acids is 1. The van der Waals surface area contributed by atoms with Gasteiger partial charge in [0.25, 0.3) is 5.91 Å². The Hall–Kier alpha value is -0.390. The number of aliphatic hydroxyl groups excluding tert-OH is 1. The number of thiophene rings is 1. The molecule has 78 valence electrons. The van der Waals surface area contributed by atoms with Crippen molar-refractivity contribution in [1.82, 2.24) is 5.32 Å². The summed E-state index contributed by atoms with van der Waals surface area (Å²) in [6.07, 6.45) is 0.730. The quantitative estimate of drug-likeness (QED) is 0.885. The molecule has 1 rings (SSSR count). The van der Waals surface area contributed by atoms with Crippen molar-refractivity contribution in [2.75, 3.05) is 6.61 Å². The number of amides is 1. The third-order valence-corrected chi connectivity index (χ3v) is 3.38. The van der Waals surface area contributed by atoms with E-state index >= 15 is 0 Å². The zero-order valence-corrected chi connectivity index (χ0v) is 10.2. The van der Waals surface area contributed by atoms with Crippen molar-refractivity contribution in [3.63, 3.8) is 0 Å². The molecule has 5 heteroatoms. The molecule has 0 aliphatic carbocycles. The minimum Gasteiger partial charge on any atom is -0.394 e. The highest BCUT2D eigenvalue weighted by Gasteiger charge is 2.12. The Balaban J connectivity index is 2.58. The first kappa shape index (κ1) is 11.7. The van der Waals surface area contributed by atoms with Gasteiger partial charge in [0.1, 0.15) is 0 Å². The van der Waals surface area contributed by atoms with Crippen LogP contribution in [0.25, 0.3) is 0 Å². The van der Waals surface area contributed by atoms with Crippen LogP contribution < -0.4 is 5.32 Å². The second kappa shape index (κ2) is 5.48. The molecule has 0 bridgehead atoms. The number of halogens is 1. The maximum atomic E-state index is 11.5. The van der Waals surface area contributed by atoms with E-state index in [0.717, 1.165) is 10.2 Å². The molecule has 0 radical (unpaired) electrons. The molecule has 1 heterocycles. The van der Waals surface area contributed by atoms with Crippen LogP contribution in [0.5, 0.6) is 0 Å². The van der Waals surface area contributed by atoms with Crippen LogP contribution in [-0.4, -0.2) is 23.7 Å². The van der Waals surface area contributed by atoms with E-state index in [2.05, 4.69) is 21.2 Å². The van der Waals surface area contributed by atoms with Crippen LogP contribution in [0.2, 0.25) is 0 Å². The number of hydrogen-bond acceptors (Lipinski definition) is 3. The summed E-state index contributed by atoms with van der Waals surface area (Å²) in [5.74, 6) is -0.132. The number of hydrogen-bond donors (Lipinski definition) is 2. The van der Waals surface area contributed by atoms with Gasteiger partial charge in [0.05, 0.1) is 22.0 Å². The second-order valence-corrected chi connectivity index (χ2v) is 5.19. The fourth-order valence-corrected chi connectivity index (χ4v) is 2.11. The monoisotopic (exact) mass is 277 g/mol. The van der Waals surface area contributed by atoms with Crippen molar-refractivity contribution >= 4 is 33.2 Å². The summed E-state index contributed by atoms with van der Waals surface area (Å²) >= 11 is 4.76. The lowest BCUT2D eigenvalue weighted by Crippen LogP contribution is -2.36. The van der Waals surface area contributed by atoms with Crippen LogP contribution in [-0.2, 0) is 0 Å². The van der Waals surface area contributed by atoms with Gasteiger partial charge in [-0.3, -0.25) is 4.79 Å². The van der Waals surface area contributed by atoms with Gasteiger partial charge in [-0.1, -0.05) is 6.92 Å². The number of rotatable bonds is 4. The Labute approximate surface area is 95.3 Å². The minimum atomic E-state index is -0.152. The predicted octanol–water partition coefficient (Wildman–Crippen LogP) is 2.01. The highest BCUT2D eigenvalue weighted by molar-refractivity contribution is 9.11. The van der Waals surface area contributed by atoms with Crippen molar-refractivity contribution in [1.29, 1.82) is 0 Å². The first-order valence-electron chi connectivity index (χ1n) is 4.33. The van der Waals surface area contributed by atoms with E-state index in [1.165, 1.54) is 11.3 Å². The van der Waals surface area contributed by atoms with E-state index in [1.54, 1.807) is 11.4 Å². The average molecular weight is 278 g/mol. The molecule has 0 aliphatic heterocycles.